The number of halogens is 2. The summed E-state index contributed by atoms with van der Waals surface area (Å²) in [6.45, 7) is 2.59. The summed E-state index contributed by atoms with van der Waals surface area (Å²) < 4.78 is 11.2. The Kier molecular flexibility index (Phi) is 6.71. The molecule has 6 nitrogen and oxygen atoms in total. The van der Waals surface area contributed by atoms with Crippen molar-refractivity contribution in [2.24, 2.45) is 0 Å². The standard InChI is InChI=1S/C18H17Cl2N3O3S/c1-2-8-23(10-15-21-22-18(26-15)14-7-4-9-27-14)16(24)11-25-13-6-3-5-12(19)17(13)20/h3-7,9H,2,8,10-11H2,1H3. The van der Waals surface area contributed by atoms with Gasteiger partial charge in [-0.25, -0.2) is 0 Å². The summed E-state index contributed by atoms with van der Waals surface area (Å²) in [5.41, 5.74) is 0. The van der Waals surface area contributed by atoms with Crippen LogP contribution < -0.4 is 4.74 Å². The molecule has 0 aliphatic rings. The lowest BCUT2D eigenvalue weighted by atomic mass is 10.3. The summed E-state index contributed by atoms with van der Waals surface area (Å²) in [4.78, 5) is 15.1. The summed E-state index contributed by atoms with van der Waals surface area (Å²) in [6.07, 6.45) is 0.787. The van der Waals surface area contributed by atoms with E-state index in [4.69, 9.17) is 32.4 Å². The molecule has 1 amide bonds. The first-order valence-corrected chi connectivity index (χ1v) is 9.93. The largest absolute Gasteiger partial charge is 0.482 e. The third kappa shape index (κ3) is 5.00. The maximum Gasteiger partial charge on any atom is 0.260 e. The van der Waals surface area contributed by atoms with Gasteiger partial charge in [-0.1, -0.05) is 42.3 Å². The van der Waals surface area contributed by atoms with Gasteiger partial charge in [0.25, 0.3) is 11.8 Å². The summed E-state index contributed by atoms with van der Waals surface area (Å²) in [6, 6.07) is 8.84. The Hall–Kier alpha value is -2.09. The molecule has 0 aliphatic heterocycles. The quantitative estimate of drug-likeness (QED) is 0.511. The molecule has 3 aromatic rings. The molecular weight excluding hydrogens is 409 g/mol. The Labute approximate surface area is 170 Å². The Morgan fingerprint density at radius 3 is 2.85 bits per heavy atom. The molecule has 0 radical (unpaired) electrons. The second-order valence-electron chi connectivity index (χ2n) is 5.63. The second-order valence-corrected chi connectivity index (χ2v) is 7.37. The van der Waals surface area contributed by atoms with Crippen molar-refractivity contribution in [2.75, 3.05) is 13.2 Å². The van der Waals surface area contributed by atoms with E-state index in [0.29, 0.717) is 29.1 Å². The predicted molar refractivity (Wildman–Crippen MR) is 105 cm³/mol. The molecule has 0 atom stereocenters. The van der Waals surface area contributed by atoms with Crippen LogP contribution in [0.5, 0.6) is 5.75 Å². The minimum atomic E-state index is -0.205. The summed E-state index contributed by atoms with van der Waals surface area (Å²) in [5, 5.41) is 10.7. The van der Waals surface area contributed by atoms with E-state index >= 15 is 0 Å². The smallest absolute Gasteiger partial charge is 0.260 e. The van der Waals surface area contributed by atoms with Crippen LogP contribution in [0.1, 0.15) is 19.2 Å². The maximum absolute atomic E-state index is 12.6. The van der Waals surface area contributed by atoms with Gasteiger partial charge in [0.15, 0.2) is 6.61 Å². The third-order valence-corrected chi connectivity index (χ3v) is 5.30. The van der Waals surface area contributed by atoms with Crippen molar-refractivity contribution < 1.29 is 13.9 Å². The topological polar surface area (TPSA) is 68.5 Å². The number of nitrogens with zero attached hydrogens (tertiary/aromatic N) is 3. The van der Waals surface area contributed by atoms with E-state index in [-0.39, 0.29) is 24.1 Å². The molecule has 2 heterocycles. The van der Waals surface area contributed by atoms with Gasteiger partial charge in [0.2, 0.25) is 5.89 Å². The molecule has 0 bridgehead atoms. The molecule has 0 aliphatic carbocycles. The van der Waals surface area contributed by atoms with Gasteiger partial charge in [-0.3, -0.25) is 4.79 Å². The van der Waals surface area contributed by atoms with Crippen LogP contribution in [0, 0.1) is 0 Å². The summed E-state index contributed by atoms with van der Waals surface area (Å²) >= 11 is 13.6. The Morgan fingerprint density at radius 1 is 1.26 bits per heavy atom. The highest BCUT2D eigenvalue weighted by molar-refractivity contribution is 7.13. The van der Waals surface area contributed by atoms with E-state index in [9.17, 15) is 4.79 Å². The molecule has 27 heavy (non-hydrogen) atoms. The lowest BCUT2D eigenvalue weighted by molar-refractivity contribution is -0.134. The number of hydrogen-bond acceptors (Lipinski definition) is 6. The maximum atomic E-state index is 12.6. The highest BCUT2D eigenvalue weighted by Gasteiger charge is 2.19. The molecule has 1 aromatic carbocycles. The molecule has 0 fully saturated rings. The van der Waals surface area contributed by atoms with E-state index in [1.807, 2.05) is 24.4 Å². The van der Waals surface area contributed by atoms with Gasteiger partial charge in [0, 0.05) is 6.54 Å². The van der Waals surface area contributed by atoms with Gasteiger partial charge in [0.05, 0.1) is 16.4 Å². The Bertz CT molecular complexity index is 899. The number of thiophene rings is 1. The average molecular weight is 426 g/mol. The second kappa shape index (κ2) is 9.21. The van der Waals surface area contributed by atoms with Crippen LogP contribution in [0.25, 0.3) is 10.8 Å². The molecule has 142 valence electrons. The van der Waals surface area contributed by atoms with Gasteiger partial charge < -0.3 is 14.1 Å². The zero-order valence-electron chi connectivity index (χ0n) is 14.5. The molecule has 2 aromatic heterocycles. The van der Waals surface area contributed by atoms with Crippen molar-refractivity contribution in [1.82, 2.24) is 15.1 Å². The van der Waals surface area contributed by atoms with Gasteiger partial charge >= 0.3 is 0 Å². The summed E-state index contributed by atoms with van der Waals surface area (Å²) in [5.74, 6) is 0.988. The van der Waals surface area contributed by atoms with Crippen molar-refractivity contribution in [3.8, 4) is 16.5 Å². The number of carbonyl (C=O) groups excluding carboxylic acids is 1. The van der Waals surface area contributed by atoms with Gasteiger partial charge in [-0.15, -0.1) is 21.5 Å². The minimum Gasteiger partial charge on any atom is -0.482 e. The number of carbonyl (C=O) groups is 1. The Morgan fingerprint density at radius 2 is 2.11 bits per heavy atom. The van der Waals surface area contributed by atoms with E-state index in [2.05, 4.69) is 10.2 Å². The first-order valence-electron chi connectivity index (χ1n) is 8.29. The predicted octanol–water partition coefficient (Wildman–Crippen LogP) is 4.92. The summed E-state index contributed by atoms with van der Waals surface area (Å²) in [7, 11) is 0. The number of benzene rings is 1. The van der Waals surface area contributed by atoms with Gasteiger partial charge in [0.1, 0.15) is 10.8 Å². The first kappa shape index (κ1) is 19.7. The lowest BCUT2D eigenvalue weighted by Gasteiger charge is -2.20. The molecule has 0 N–H and O–H groups in total. The molecule has 0 saturated carbocycles. The van der Waals surface area contributed by atoms with E-state index < -0.39 is 0 Å². The third-order valence-electron chi connectivity index (χ3n) is 3.64. The molecule has 0 spiro atoms. The minimum absolute atomic E-state index is 0.161. The van der Waals surface area contributed by atoms with Crippen LogP contribution in [0.3, 0.4) is 0 Å². The number of hydrogen-bond donors (Lipinski definition) is 0. The van der Waals surface area contributed by atoms with Crippen LogP contribution in [0.2, 0.25) is 10.0 Å². The average Bonchev–Trinajstić information content (AvgIpc) is 3.34. The fraction of sp³-hybridized carbons (Fsp3) is 0.278. The van der Waals surface area contributed by atoms with Crippen molar-refractivity contribution in [3.63, 3.8) is 0 Å². The number of ether oxygens (including phenoxy) is 1. The fourth-order valence-electron chi connectivity index (χ4n) is 2.37. The fourth-order valence-corrected chi connectivity index (χ4v) is 3.36. The molecular formula is C18H17Cl2N3O3S. The van der Waals surface area contributed by atoms with Crippen molar-refractivity contribution in [2.45, 2.75) is 19.9 Å². The van der Waals surface area contributed by atoms with Crippen LogP contribution in [-0.4, -0.2) is 34.2 Å². The highest BCUT2D eigenvalue weighted by Crippen LogP contribution is 2.31. The normalized spacial score (nSPS) is 10.8. The first-order chi connectivity index (χ1) is 13.1. The molecule has 0 saturated heterocycles. The van der Waals surface area contributed by atoms with Crippen LogP contribution in [0.15, 0.2) is 40.1 Å². The van der Waals surface area contributed by atoms with Gasteiger partial charge in [-0.2, -0.15) is 0 Å². The number of amides is 1. The number of rotatable bonds is 8. The zero-order valence-corrected chi connectivity index (χ0v) is 16.9. The number of aromatic nitrogens is 2. The molecule has 9 heteroatoms. The molecule has 0 unspecified atom stereocenters. The molecule has 3 rings (SSSR count). The van der Waals surface area contributed by atoms with E-state index in [0.717, 1.165) is 11.3 Å². The Balaban J connectivity index is 1.64. The monoisotopic (exact) mass is 425 g/mol. The van der Waals surface area contributed by atoms with Crippen LogP contribution in [0.4, 0.5) is 0 Å². The highest BCUT2D eigenvalue weighted by atomic mass is 35.5. The van der Waals surface area contributed by atoms with Crippen molar-refractivity contribution in [1.29, 1.82) is 0 Å². The van der Waals surface area contributed by atoms with Crippen molar-refractivity contribution in [3.05, 3.63) is 51.6 Å². The zero-order chi connectivity index (χ0) is 19.2. The van der Waals surface area contributed by atoms with Gasteiger partial charge in [-0.05, 0) is 30.0 Å². The SMILES string of the molecule is CCCN(Cc1nnc(-c2cccs2)o1)C(=O)COc1cccc(Cl)c1Cl. The van der Waals surface area contributed by atoms with E-state index in [1.165, 1.54) is 11.3 Å². The van der Waals surface area contributed by atoms with Crippen LogP contribution in [-0.2, 0) is 11.3 Å². The lowest BCUT2D eigenvalue weighted by Crippen LogP contribution is -2.35. The van der Waals surface area contributed by atoms with E-state index in [1.54, 1.807) is 23.1 Å². The van der Waals surface area contributed by atoms with Crippen LogP contribution >= 0.6 is 34.5 Å². The van der Waals surface area contributed by atoms with Crippen molar-refractivity contribution >= 4 is 40.4 Å².